The van der Waals surface area contributed by atoms with Crippen LogP contribution in [-0.2, 0) is 9.53 Å². The number of nitro benzene ring substituents is 1. The molecule has 1 rings (SSSR count). The minimum Gasteiger partial charge on any atom is -0.493 e. The van der Waals surface area contributed by atoms with Crippen LogP contribution in [0.2, 0.25) is 0 Å². The van der Waals surface area contributed by atoms with Crippen molar-refractivity contribution in [2.24, 2.45) is 0 Å². The van der Waals surface area contributed by atoms with Gasteiger partial charge in [0, 0.05) is 12.6 Å². The Morgan fingerprint density at radius 1 is 1.16 bits per heavy atom. The van der Waals surface area contributed by atoms with E-state index in [4.69, 9.17) is 14.2 Å². The molecule has 0 aromatic heterocycles. The lowest BCUT2D eigenvalue weighted by Crippen LogP contribution is -2.41. The largest absolute Gasteiger partial charge is 0.493 e. The highest BCUT2D eigenvalue weighted by Crippen LogP contribution is 2.34. The number of hydrogen-bond acceptors (Lipinski definition) is 8. The van der Waals surface area contributed by atoms with Crippen molar-refractivity contribution in [3.8, 4) is 11.5 Å². The second-order valence-electron chi connectivity index (χ2n) is 4.47. The number of hydrogen-bond donors (Lipinski definition) is 2. The molecule has 0 radical (unpaired) electrons. The van der Waals surface area contributed by atoms with Gasteiger partial charge in [-0.05, 0) is 6.92 Å². The van der Waals surface area contributed by atoms with Gasteiger partial charge in [-0.2, -0.15) is 0 Å². The molecule has 3 amide bonds. The second kappa shape index (κ2) is 9.05. The molecule has 2 N–H and O–H groups in total. The molecule has 136 valence electrons. The van der Waals surface area contributed by atoms with E-state index in [-0.39, 0.29) is 11.5 Å². The monoisotopic (exact) mass is 355 g/mol. The fourth-order valence-electron chi connectivity index (χ4n) is 1.76. The molecule has 0 heterocycles. The minimum absolute atomic E-state index is 0.0553. The van der Waals surface area contributed by atoms with Gasteiger partial charge in [0.25, 0.3) is 11.6 Å². The summed E-state index contributed by atoms with van der Waals surface area (Å²) in [6, 6.07) is 1.33. The van der Waals surface area contributed by atoms with Crippen LogP contribution in [0.25, 0.3) is 0 Å². The van der Waals surface area contributed by atoms with Crippen molar-refractivity contribution in [2.75, 3.05) is 27.4 Å². The van der Waals surface area contributed by atoms with Crippen molar-refractivity contribution in [2.45, 2.75) is 6.92 Å². The predicted octanol–water partition coefficient (Wildman–Crippen LogP) is 0.615. The number of ether oxygens (including phenoxy) is 3. The number of methoxy groups -OCH3 is 2. The summed E-state index contributed by atoms with van der Waals surface area (Å²) in [4.78, 5) is 45.0. The number of esters is 1. The van der Waals surface area contributed by atoms with Crippen LogP contribution >= 0.6 is 0 Å². The first-order valence-corrected chi connectivity index (χ1v) is 6.99. The Hall–Kier alpha value is -3.37. The number of carbonyl (C=O) groups excluding carboxylic acids is 3. The standard InChI is InChI=1S/C14H17N3O8/c1-4-15-14(20)16-12(18)7-25-13(19)8-5-10(23-2)11(24-3)6-9(8)17(21)22/h5-6H,4,7H2,1-3H3,(H2,15,16,18,20). The Morgan fingerprint density at radius 2 is 1.76 bits per heavy atom. The number of nitrogens with one attached hydrogen (secondary N) is 2. The van der Waals surface area contributed by atoms with Crippen molar-refractivity contribution >= 4 is 23.6 Å². The van der Waals surface area contributed by atoms with E-state index >= 15 is 0 Å². The smallest absolute Gasteiger partial charge is 0.345 e. The third-order valence-corrected chi connectivity index (χ3v) is 2.84. The van der Waals surface area contributed by atoms with Crippen molar-refractivity contribution in [1.29, 1.82) is 0 Å². The fraction of sp³-hybridized carbons (Fsp3) is 0.357. The molecular formula is C14H17N3O8. The van der Waals surface area contributed by atoms with Crippen LogP contribution in [0.1, 0.15) is 17.3 Å². The average molecular weight is 355 g/mol. The summed E-state index contributed by atoms with van der Waals surface area (Å²) in [7, 11) is 2.57. The summed E-state index contributed by atoms with van der Waals surface area (Å²) >= 11 is 0. The lowest BCUT2D eigenvalue weighted by molar-refractivity contribution is -0.385. The zero-order valence-corrected chi connectivity index (χ0v) is 13.8. The zero-order chi connectivity index (χ0) is 19.0. The van der Waals surface area contributed by atoms with Gasteiger partial charge in [-0.1, -0.05) is 0 Å². The highest BCUT2D eigenvalue weighted by Gasteiger charge is 2.26. The average Bonchev–Trinajstić information content (AvgIpc) is 2.58. The van der Waals surface area contributed by atoms with E-state index in [1.54, 1.807) is 6.92 Å². The molecule has 25 heavy (non-hydrogen) atoms. The molecule has 0 unspecified atom stereocenters. The third-order valence-electron chi connectivity index (χ3n) is 2.84. The van der Waals surface area contributed by atoms with E-state index in [1.807, 2.05) is 5.32 Å². The van der Waals surface area contributed by atoms with Gasteiger partial charge < -0.3 is 19.5 Å². The Morgan fingerprint density at radius 3 is 2.28 bits per heavy atom. The topological polar surface area (TPSA) is 146 Å². The van der Waals surface area contributed by atoms with E-state index in [0.717, 1.165) is 12.1 Å². The first-order valence-electron chi connectivity index (χ1n) is 6.99. The molecule has 0 atom stereocenters. The van der Waals surface area contributed by atoms with Gasteiger partial charge in [0.05, 0.1) is 25.2 Å². The number of rotatable bonds is 7. The maximum Gasteiger partial charge on any atom is 0.345 e. The normalized spacial score (nSPS) is 9.72. The molecule has 1 aromatic rings. The molecule has 11 heteroatoms. The van der Waals surface area contributed by atoms with Crippen LogP contribution in [0.3, 0.4) is 0 Å². The number of carbonyl (C=O) groups is 3. The Kier molecular flexibility index (Phi) is 7.13. The SMILES string of the molecule is CCNC(=O)NC(=O)COC(=O)c1cc(OC)c(OC)cc1[N+](=O)[O-]. The van der Waals surface area contributed by atoms with Gasteiger partial charge in [0.1, 0.15) is 5.56 Å². The molecule has 0 bridgehead atoms. The quantitative estimate of drug-likeness (QED) is 0.411. The van der Waals surface area contributed by atoms with Gasteiger partial charge in [-0.25, -0.2) is 9.59 Å². The lowest BCUT2D eigenvalue weighted by Gasteiger charge is -2.10. The van der Waals surface area contributed by atoms with Crippen molar-refractivity contribution in [3.05, 3.63) is 27.8 Å². The van der Waals surface area contributed by atoms with Gasteiger partial charge in [-0.3, -0.25) is 20.2 Å². The Balaban J connectivity index is 2.92. The minimum atomic E-state index is -1.13. The molecule has 1 aromatic carbocycles. The second-order valence-corrected chi connectivity index (χ2v) is 4.47. The van der Waals surface area contributed by atoms with Crippen LogP contribution in [0.4, 0.5) is 10.5 Å². The molecule has 0 aliphatic rings. The first-order chi connectivity index (χ1) is 11.8. The molecule has 0 fully saturated rings. The lowest BCUT2D eigenvalue weighted by atomic mass is 10.1. The number of urea groups is 1. The Bertz CT molecular complexity index is 689. The predicted molar refractivity (Wildman–Crippen MR) is 83.7 cm³/mol. The molecule has 0 saturated carbocycles. The van der Waals surface area contributed by atoms with Crippen LogP contribution < -0.4 is 20.1 Å². The summed E-state index contributed by atoms with van der Waals surface area (Å²) in [5, 5.41) is 15.4. The van der Waals surface area contributed by atoms with E-state index in [1.165, 1.54) is 14.2 Å². The first kappa shape index (κ1) is 19.7. The van der Waals surface area contributed by atoms with Crippen molar-refractivity contribution in [3.63, 3.8) is 0 Å². The van der Waals surface area contributed by atoms with E-state index in [0.29, 0.717) is 6.54 Å². The number of benzene rings is 1. The van der Waals surface area contributed by atoms with Crippen molar-refractivity contribution < 1.29 is 33.5 Å². The Labute approximate surface area is 142 Å². The number of nitrogens with zero attached hydrogens (tertiary/aromatic N) is 1. The van der Waals surface area contributed by atoms with Crippen LogP contribution in [0.15, 0.2) is 12.1 Å². The number of amides is 3. The summed E-state index contributed by atoms with van der Waals surface area (Å²) in [5.41, 5.74) is -1.000. The van der Waals surface area contributed by atoms with Gasteiger partial charge in [0.2, 0.25) is 0 Å². The highest BCUT2D eigenvalue weighted by atomic mass is 16.6. The van der Waals surface area contributed by atoms with Crippen LogP contribution in [0, 0.1) is 10.1 Å². The highest BCUT2D eigenvalue weighted by molar-refractivity contribution is 5.98. The fourth-order valence-corrected chi connectivity index (χ4v) is 1.76. The maximum absolute atomic E-state index is 12.1. The van der Waals surface area contributed by atoms with Crippen LogP contribution in [-0.4, -0.2) is 50.2 Å². The maximum atomic E-state index is 12.1. The molecule has 11 nitrogen and oxygen atoms in total. The number of nitro groups is 1. The summed E-state index contributed by atoms with van der Waals surface area (Å²) < 4.78 is 14.6. The number of imide groups is 1. The molecule has 0 saturated heterocycles. The van der Waals surface area contributed by atoms with E-state index < -0.39 is 40.7 Å². The summed E-state index contributed by atoms with van der Waals surface area (Å²) in [6.07, 6.45) is 0. The van der Waals surface area contributed by atoms with Gasteiger partial charge in [0.15, 0.2) is 18.1 Å². The van der Waals surface area contributed by atoms with Crippen LogP contribution in [0.5, 0.6) is 11.5 Å². The third kappa shape index (κ3) is 5.34. The van der Waals surface area contributed by atoms with Crippen molar-refractivity contribution in [1.82, 2.24) is 10.6 Å². The van der Waals surface area contributed by atoms with Gasteiger partial charge >= 0.3 is 12.0 Å². The zero-order valence-electron chi connectivity index (χ0n) is 13.8. The molecule has 0 spiro atoms. The van der Waals surface area contributed by atoms with Gasteiger partial charge in [-0.15, -0.1) is 0 Å². The molecule has 0 aliphatic heterocycles. The van der Waals surface area contributed by atoms with E-state index in [9.17, 15) is 24.5 Å². The summed E-state index contributed by atoms with van der Waals surface area (Å²) in [5.74, 6) is -1.88. The molecular weight excluding hydrogens is 338 g/mol. The van der Waals surface area contributed by atoms with E-state index in [2.05, 4.69) is 5.32 Å². The summed E-state index contributed by atoms with van der Waals surface area (Å²) in [6.45, 7) is 1.17. The molecule has 0 aliphatic carbocycles.